The van der Waals surface area contributed by atoms with Gasteiger partial charge < -0.3 is 4.74 Å². The van der Waals surface area contributed by atoms with Crippen LogP contribution < -0.4 is 0 Å². The van der Waals surface area contributed by atoms with Crippen molar-refractivity contribution in [2.75, 3.05) is 0 Å². The van der Waals surface area contributed by atoms with Gasteiger partial charge in [0.25, 0.3) is 0 Å². The minimum absolute atomic E-state index is 0.167. The van der Waals surface area contributed by atoms with Crippen molar-refractivity contribution in [3.63, 3.8) is 0 Å². The largest absolute Gasteiger partial charge is 0.455 e. The minimum atomic E-state index is -0.167. The van der Waals surface area contributed by atoms with Crippen LogP contribution in [0.4, 0.5) is 4.79 Å². The van der Waals surface area contributed by atoms with E-state index in [4.69, 9.17) is 4.74 Å². The number of carbonyl (C=O) groups excluding carboxylic acids is 1. The summed E-state index contributed by atoms with van der Waals surface area (Å²) in [5.74, 6) is 0. The van der Waals surface area contributed by atoms with Crippen LogP contribution in [0.15, 0.2) is 0 Å². The lowest BCUT2D eigenvalue weighted by Gasteiger charge is -2.06. The zero-order chi connectivity index (χ0) is 6.69. The average Bonchev–Trinajstić information content (AvgIpc) is 2.15. The van der Waals surface area contributed by atoms with Gasteiger partial charge in [-0.25, -0.2) is 4.79 Å². The molecule has 0 aromatic rings. The van der Waals surface area contributed by atoms with Crippen molar-refractivity contribution in [1.82, 2.24) is 0 Å². The summed E-state index contributed by atoms with van der Waals surface area (Å²) >= 11 is 1.67. The molecule has 1 saturated carbocycles. The summed E-state index contributed by atoms with van der Waals surface area (Å²) in [5.41, 5.74) is 0. The summed E-state index contributed by atoms with van der Waals surface area (Å²) in [6.07, 6.45) is 4.79. The first-order valence-corrected chi connectivity index (χ1v) is 4.23. The molecule has 0 aromatic carbocycles. The van der Waals surface area contributed by atoms with Gasteiger partial charge >= 0.3 is 3.98 Å². The van der Waals surface area contributed by atoms with E-state index < -0.39 is 0 Å². The molecule has 2 nitrogen and oxygen atoms in total. The number of hydrogen-bond donors (Lipinski definition) is 0. The van der Waals surface area contributed by atoms with Crippen molar-refractivity contribution in [1.29, 1.82) is 0 Å². The molecule has 0 N–H and O–H groups in total. The van der Waals surface area contributed by atoms with Crippen molar-refractivity contribution >= 4 is 26.6 Å². The molecule has 0 spiro atoms. The standard InChI is InChI=1S/C6H9IO2/c7-6(8)9-5-3-1-2-4-5/h5H,1-4H2. The van der Waals surface area contributed by atoms with Crippen LogP contribution in [-0.4, -0.2) is 10.1 Å². The molecule has 3 heteroatoms. The maximum atomic E-state index is 10.4. The number of rotatable bonds is 1. The topological polar surface area (TPSA) is 26.3 Å². The van der Waals surface area contributed by atoms with Gasteiger partial charge in [-0.05, 0) is 25.7 Å². The summed E-state index contributed by atoms with van der Waals surface area (Å²) in [5, 5.41) is 0. The molecule has 0 bridgehead atoms. The molecule has 0 atom stereocenters. The molecular weight excluding hydrogens is 231 g/mol. The predicted molar refractivity (Wildman–Crippen MR) is 42.8 cm³/mol. The van der Waals surface area contributed by atoms with Gasteiger partial charge in [-0.3, -0.25) is 0 Å². The summed E-state index contributed by atoms with van der Waals surface area (Å²) in [6, 6.07) is 0. The van der Waals surface area contributed by atoms with Crippen molar-refractivity contribution in [2.24, 2.45) is 0 Å². The Morgan fingerprint density at radius 3 is 2.44 bits per heavy atom. The minimum Gasteiger partial charge on any atom is -0.455 e. The van der Waals surface area contributed by atoms with E-state index >= 15 is 0 Å². The second-order valence-electron chi connectivity index (χ2n) is 2.26. The van der Waals surface area contributed by atoms with E-state index in [2.05, 4.69) is 0 Å². The smallest absolute Gasteiger partial charge is 0.367 e. The van der Waals surface area contributed by atoms with Gasteiger partial charge in [0.15, 0.2) is 0 Å². The Balaban J connectivity index is 2.19. The predicted octanol–water partition coefficient (Wildman–Crippen LogP) is 2.50. The van der Waals surface area contributed by atoms with E-state index in [0.717, 1.165) is 12.8 Å². The summed E-state index contributed by atoms with van der Waals surface area (Å²) in [4.78, 5) is 10.4. The van der Waals surface area contributed by atoms with Gasteiger partial charge in [0.1, 0.15) is 6.10 Å². The summed E-state index contributed by atoms with van der Waals surface area (Å²) < 4.78 is 4.79. The molecule has 0 saturated heterocycles. The van der Waals surface area contributed by atoms with Gasteiger partial charge in [0, 0.05) is 0 Å². The molecule has 9 heavy (non-hydrogen) atoms. The van der Waals surface area contributed by atoms with E-state index in [0.29, 0.717) is 0 Å². The Kier molecular flexibility index (Phi) is 2.75. The van der Waals surface area contributed by atoms with Crippen LogP contribution in [0.25, 0.3) is 0 Å². The second-order valence-corrected chi connectivity index (χ2v) is 3.14. The molecule has 1 aliphatic carbocycles. The van der Waals surface area contributed by atoms with Crippen LogP contribution in [0, 0.1) is 0 Å². The van der Waals surface area contributed by atoms with Crippen molar-refractivity contribution in [3.8, 4) is 0 Å². The van der Waals surface area contributed by atoms with Crippen molar-refractivity contribution in [2.45, 2.75) is 31.8 Å². The monoisotopic (exact) mass is 240 g/mol. The van der Waals surface area contributed by atoms with Gasteiger partial charge in [-0.2, -0.15) is 0 Å². The normalized spacial score (nSPS) is 20.1. The lowest BCUT2D eigenvalue weighted by molar-refractivity contribution is 0.130. The molecule has 0 radical (unpaired) electrons. The molecule has 0 unspecified atom stereocenters. The molecule has 0 amide bonds. The Morgan fingerprint density at radius 1 is 1.44 bits per heavy atom. The van der Waals surface area contributed by atoms with Gasteiger partial charge in [0.05, 0.1) is 22.6 Å². The van der Waals surface area contributed by atoms with Crippen molar-refractivity contribution < 1.29 is 9.53 Å². The maximum absolute atomic E-state index is 10.4. The molecule has 1 fully saturated rings. The van der Waals surface area contributed by atoms with Crippen LogP contribution >= 0.6 is 22.6 Å². The van der Waals surface area contributed by atoms with Crippen LogP contribution in [0.5, 0.6) is 0 Å². The lowest BCUT2D eigenvalue weighted by Crippen LogP contribution is -2.07. The van der Waals surface area contributed by atoms with E-state index in [9.17, 15) is 4.79 Å². The number of hydrogen-bond acceptors (Lipinski definition) is 2. The number of ether oxygens (including phenoxy) is 1. The van der Waals surface area contributed by atoms with E-state index in [-0.39, 0.29) is 10.1 Å². The SMILES string of the molecule is O=C(I)OC1CCCC1. The zero-order valence-electron chi connectivity index (χ0n) is 5.10. The van der Waals surface area contributed by atoms with Gasteiger partial charge in [-0.15, -0.1) is 0 Å². The van der Waals surface area contributed by atoms with Crippen LogP contribution in [0.3, 0.4) is 0 Å². The summed E-state index contributed by atoms with van der Waals surface area (Å²) in [7, 11) is 0. The first-order chi connectivity index (χ1) is 4.29. The molecule has 0 aromatic heterocycles. The molecular formula is C6H9IO2. The first-order valence-electron chi connectivity index (χ1n) is 3.15. The third kappa shape index (κ3) is 2.51. The average molecular weight is 240 g/mol. The Labute approximate surface area is 68.1 Å². The quantitative estimate of drug-likeness (QED) is 0.520. The summed E-state index contributed by atoms with van der Waals surface area (Å²) in [6.45, 7) is 0. The molecule has 0 heterocycles. The molecule has 52 valence electrons. The molecule has 1 aliphatic rings. The van der Waals surface area contributed by atoms with E-state index in [1.165, 1.54) is 12.8 Å². The number of carbonyl (C=O) groups is 1. The Morgan fingerprint density at radius 2 is 2.00 bits per heavy atom. The third-order valence-corrected chi connectivity index (χ3v) is 1.82. The maximum Gasteiger partial charge on any atom is 0.367 e. The van der Waals surface area contributed by atoms with Crippen molar-refractivity contribution in [3.05, 3.63) is 0 Å². The molecule has 1 rings (SSSR count). The van der Waals surface area contributed by atoms with Gasteiger partial charge in [0.2, 0.25) is 0 Å². The fourth-order valence-corrected chi connectivity index (χ4v) is 1.50. The van der Waals surface area contributed by atoms with Gasteiger partial charge in [-0.1, -0.05) is 0 Å². The lowest BCUT2D eigenvalue weighted by atomic mass is 10.3. The molecule has 0 aliphatic heterocycles. The van der Waals surface area contributed by atoms with E-state index in [1.807, 2.05) is 0 Å². The van der Waals surface area contributed by atoms with Crippen LogP contribution in [0.1, 0.15) is 25.7 Å². The Hall–Kier alpha value is 0.200. The van der Waals surface area contributed by atoms with E-state index in [1.54, 1.807) is 22.6 Å². The fourth-order valence-electron chi connectivity index (χ4n) is 1.14. The first kappa shape index (κ1) is 7.31. The van der Waals surface area contributed by atoms with Crippen LogP contribution in [0.2, 0.25) is 0 Å². The third-order valence-electron chi connectivity index (χ3n) is 1.56. The number of halogens is 1. The second kappa shape index (κ2) is 3.39. The Bertz CT molecular complexity index is 108. The highest BCUT2D eigenvalue weighted by Crippen LogP contribution is 2.21. The van der Waals surface area contributed by atoms with Crippen LogP contribution in [-0.2, 0) is 4.74 Å². The highest BCUT2D eigenvalue weighted by molar-refractivity contribution is 14.1. The highest BCUT2D eigenvalue weighted by Gasteiger charge is 2.17. The highest BCUT2D eigenvalue weighted by atomic mass is 127. The zero-order valence-corrected chi connectivity index (χ0v) is 7.26. The fraction of sp³-hybridized carbons (Fsp3) is 0.833.